The van der Waals surface area contributed by atoms with Crippen molar-refractivity contribution in [2.24, 2.45) is 0 Å². The highest BCUT2D eigenvalue weighted by atomic mass is 16.8. The molecule has 5 aromatic rings. The molecule has 1 aliphatic carbocycles. The topological polar surface area (TPSA) is 525 Å². The van der Waals surface area contributed by atoms with Gasteiger partial charge in [0, 0.05) is 39.7 Å². The fourth-order valence-electron chi connectivity index (χ4n) is 19.3. The van der Waals surface area contributed by atoms with E-state index in [1.54, 1.807) is 32.6 Å². The highest BCUT2D eigenvalue weighted by molar-refractivity contribution is 5.87. The summed E-state index contributed by atoms with van der Waals surface area (Å²) >= 11 is 0. The molecule has 6 bridgehead atoms. The van der Waals surface area contributed by atoms with Gasteiger partial charge in [0.15, 0.2) is 36.2 Å². The second-order valence-electron chi connectivity index (χ2n) is 39.0. The van der Waals surface area contributed by atoms with Gasteiger partial charge in [0.1, 0.15) is 107 Å². The Morgan fingerprint density at radius 1 is 0.429 bits per heavy atom. The minimum absolute atomic E-state index is 0.0296. The highest BCUT2D eigenvalue weighted by Crippen LogP contribution is 2.51. The van der Waals surface area contributed by atoms with Gasteiger partial charge in [0.2, 0.25) is 29.5 Å². The molecule has 0 saturated carbocycles. The zero-order valence-corrected chi connectivity index (χ0v) is 85.3. The molecule has 16 atom stereocenters. The standard InChI is InChI=1S/C98H145N15O34/c1-11-76(103-91(119)135-55-75-73-21-16-14-19-71(73)72-20-15-17-22-74(72)75)87(118)99-24-18-12-13-23-77(117)104-95(56-132-52-68-49-111(108-105-68)25-28-120-31-34-123-37-40-126-43-46-129-59-96-62-136-88(145-96)78(100-65(2)114)81-84(96)142-92(5,6)139-81,57-133-53-69-50-112(109-106-69)26-29-121-32-35-124-38-41-127-44-47-130-60-97-63-137-89(146-97)79(101-66(3)115)82-85(97)143-93(7,8)140-82)58-134-54-70-51-113(110-107-70)27-30-122-33-36-125-39-42-128-45-48-131-61-98-64-138-90(147-98)80(102-67(4)116)83-86(98)144-94(9,10)141-83/h11,14-17,19-22,49-51,75-76,78-86,88-90H,1,12-13,18,23-48,52-64H2,2-10H3,(H,99,118)(H,100,114)(H,101,115)(H,102,116)(H,103,119)(H,104,117)/t76-,78+,79+,80+,81+,82+,83+,84+,85+,86+,88-,89-,90-,96-,97-,98-/m0/s1. The lowest BCUT2D eigenvalue weighted by Gasteiger charge is -2.42. The van der Waals surface area contributed by atoms with Crippen molar-refractivity contribution in [3.63, 3.8) is 0 Å². The normalized spacial score (nSPS) is 26.2. The molecule has 49 nitrogen and oxygen atoms in total. The second-order valence-corrected chi connectivity index (χ2v) is 39.0. The smallest absolute Gasteiger partial charge is 0.408 e. The number of rotatable bonds is 69. The summed E-state index contributed by atoms with van der Waals surface area (Å²) in [5.74, 6) is -4.32. The molecule has 3 aromatic heterocycles. The van der Waals surface area contributed by atoms with E-state index in [1.807, 2.05) is 77.9 Å². The minimum atomic E-state index is -1.36. The Morgan fingerprint density at radius 2 is 0.762 bits per heavy atom. The first-order valence-electron chi connectivity index (χ1n) is 50.5. The largest absolute Gasteiger partial charge is 0.449 e. The van der Waals surface area contributed by atoms with E-state index in [4.69, 9.17) is 133 Å². The van der Waals surface area contributed by atoms with Gasteiger partial charge >= 0.3 is 6.09 Å². The van der Waals surface area contributed by atoms with Crippen molar-refractivity contribution < 1.29 is 161 Å². The maximum Gasteiger partial charge on any atom is 0.408 e. The highest BCUT2D eigenvalue weighted by Gasteiger charge is 2.69. The van der Waals surface area contributed by atoms with E-state index in [0.717, 1.165) is 22.3 Å². The lowest BCUT2D eigenvalue weighted by Crippen LogP contribution is -2.65. The number of hydrogen-bond acceptors (Lipinski definition) is 40. The molecule has 816 valence electrons. The van der Waals surface area contributed by atoms with Gasteiger partial charge in [0.05, 0.1) is 256 Å². The fourth-order valence-corrected chi connectivity index (χ4v) is 19.3. The van der Waals surface area contributed by atoms with E-state index in [1.165, 1.54) is 26.8 Å². The molecule has 12 heterocycles. The molecule has 9 aliphatic heterocycles. The minimum Gasteiger partial charge on any atom is -0.449 e. The Balaban J connectivity index is 0.502. The van der Waals surface area contributed by atoms with Gasteiger partial charge < -0.3 is 165 Å². The summed E-state index contributed by atoms with van der Waals surface area (Å²) in [6.07, 6.45) is 2.21. The summed E-state index contributed by atoms with van der Waals surface area (Å²) in [7, 11) is 0. The number of benzene rings is 2. The number of fused-ring (bicyclic) bond motifs is 15. The van der Waals surface area contributed by atoms with Crippen LogP contribution in [0.1, 0.15) is 122 Å². The Kier molecular flexibility index (Phi) is 41.2. The molecule has 2 aromatic carbocycles. The third-order valence-electron chi connectivity index (χ3n) is 25.9. The van der Waals surface area contributed by atoms with Crippen molar-refractivity contribution in [3.8, 4) is 11.1 Å². The molecule has 6 amide bonds. The van der Waals surface area contributed by atoms with E-state index in [-0.39, 0.29) is 148 Å². The van der Waals surface area contributed by atoms with Crippen LogP contribution in [0.15, 0.2) is 79.8 Å². The summed E-state index contributed by atoms with van der Waals surface area (Å²) in [6.45, 7) is 27.7. The first-order chi connectivity index (χ1) is 71.1. The van der Waals surface area contributed by atoms with Crippen LogP contribution in [0.4, 0.5) is 4.79 Å². The van der Waals surface area contributed by atoms with Gasteiger partial charge in [-0.25, -0.2) is 18.8 Å². The number of nitrogens with zero attached hydrogens (tertiary/aromatic N) is 9. The Morgan fingerprint density at radius 3 is 1.10 bits per heavy atom. The van der Waals surface area contributed by atoms with Crippen molar-refractivity contribution in [1.29, 1.82) is 0 Å². The lowest BCUT2D eigenvalue weighted by molar-refractivity contribution is -0.214. The molecule has 6 N–H and O–H groups in total. The van der Waals surface area contributed by atoms with E-state index in [2.05, 4.69) is 81.5 Å². The zero-order chi connectivity index (χ0) is 103. The molecular weight excluding hydrogens is 1930 g/mol. The van der Waals surface area contributed by atoms with E-state index < -0.39 is 131 Å². The summed E-state index contributed by atoms with van der Waals surface area (Å²) in [5.41, 5.74) is 1.67. The molecule has 9 fully saturated rings. The monoisotopic (exact) mass is 2080 g/mol. The predicted octanol–water partition coefficient (Wildman–Crippen LogP) is 1.69. The average molecular weight is 2080 g/mol. The van der Waals surface area contributed by atoms with Crippen LogP contribution in [0.3, 0.4) is 0 Å². The summed E-state index contributed by atoms with van der Waals surface area (Å²) in [4.78, 5) is 77.3. The lowest BCUT2D eigenvalue weighted by atomic mass is 9.88. The van der Waals surface area contributed by atoms with Crippen molar-refractivity contribution in [1.82, 2.24) is 76.9 Å². The van der Waals surface area contributed by atoms with Crippen LogP contribution in [0.2, 0.25) is 0 Å². The van der Waals surface area contributed by atoms with Gasteiger partial charge in [-0.3, -0.25) is 24.0 Å². The van der Waals surface area contributed by atoms with Gasteiger partial charge in [0.25, 0.3) is 0 Å². The van der Waals surface area contributed by atoms with E-state index >= 15 is 0 Å². The molecule has 0 unspecified atom stereocenters. The SMILES string of the molecule is C=C[C@H](NC(=O)OCC1c2ccccc2-c2ccccc21)C(=O)NCCCCCC(=O)NC(COCc1cn(CCOCCOCCOCCOC[C@@]23CO[C@@H](O2)[C@H](NC(C)=O)[C@H]2OC(C)(C)O[C@H]23)nn1)(COCc1cn(CCOCCOCCOCCOC[C@@]23CO[C@@H](O2)[C@H](NC(C)=O)[C@H]2OC(C)(C)O[C@H]23)nn1)COCc1cn(CCOCCOCCOCCOC[C@@]23CO[C@@H](O2)[C@H](NC(C)=O)[C@H]2OC(C)(C)O[C@H]23)nn1. The summed E-state index contributed by atoms with van der Waals surface area (Å²) in [5, 5.41) is 43.5. The molecular formula is C98H145N15O34. The van der Waals surface area contributed by atoms with E-state index in [9.17, 15) is 28.8 Å². The van der Waals surface area contributed by atoms with Crippen LogP contribution >= 0.6 is 0 Å². The third-order valence-corrected chi connectivity index (χ3v) is 25.9. The molecule has 10 aliphatic rings. The van der Waals surface area contributed by atoms with Crippen molar-refractivity contribution >= 4 is 35.6 Å². The van der Waals surface area contributed by atoms with Crippen LogP contribution in [0.25, 0.3) is 11.1 Å². The number of ether oxygens (including phenoxy) is 28. The molecule has 15 rings (SSSR count). The Labute approximate surface area is 853 Å². The molecule has 0 radical (unpaired) electrons. The van der Waals surface area contributed by atoms with Gasteiger partial charge in [-0.2, -0.15) is 0 Å². The maximum absolute atomic E-state index is 14.5. The number of unbranched alkanes of at least 4 members (excludes halogenated alkanes) is 2. The Bertz CT molecular complexity index is 4610. The summed E-state index contributed by atoms with van der Waals surface area (Å²) < 4.78 is 175. The quantitative estimate of drug-likeness (QED) is 0.0238. The average Bonchev–Trinajstić information content (AvgIpc) is 1.57. The predicted molar refractivity (Wildman–Crippen MR) is 508 cm³/mol. The summed E-state index contributed by atoms with van der Waals surface area (Å²) in [6, 6.07) is 13.4. The Hall–Kier alpha value is -8.86. The van der Waals surface area contributed by atoms with Gasteiger partial charge in [-0.15, -0.1) is 21.9 Å². The fraction of sp³-hybridized carbons (Fsp3) is 0.735. The van der Waals surface area contributed by atoms with Gasteiger partial charge in [-0.05, 0) is 76.6 Å². The zero-order valence-electron chi connectivity index (χ0n) is 85.3. The van der Waals surface area contributed by atoms with Crippen LogP contribution in [-0.4, -0.2) is 411 Å². The number of aromatic nitrogens is 9. The van der Waals surface area contributed by atoms with Gasteiger partial charge in [-0.1, -0.05) is 76.7 Å². The number of carbonyl (C=O) groups excluding carboxylic acids is 6. The van der Waals surface area contributed by atoms with Crippen molar-refractivity contribution in [2.75, 3.05) is 211 Å². The second kappa shape index (κ2) is 53.9. The van der Waals surface area contributed by atoms with Crippen LogP contribution < -0.4 is 31.9 Å². The number of hydrogen-bond donors (Lipinski definition) is 6. The number of nitrogens with one attached hydrogen (secondary N) is 6. The number of carbonyl (C=O) groups is 6. The molecule has 147 heavy (non-hydrogen) atoms. The number of amides is 6. The molecule has 49 heteroatoms. The van der Waals surface area contributed by atoms with Crippen LogP contribution in [-0.2, 0) is 196 Å². The maximum atomic E-state index is 14.5. The van der Waals surface area contributed by atoms with E-state index in [0.29, 0.717) is 175 Å². The first-order valence-corrected chi connectivity index (χ1v) is 50.5. The van der Waals surface area contributed by atoms with Crippen LogP contribution in [0, 0.1) is 0 Å². The van der Waals surface area contributed by atoms with Crippen molar-refractivity contribution in [2.45, 2.75) is 253 Å². The first kappa shape index (κ1) is 112. The van der Waals surface area contributed by atoms with Crippen LogP contribution in [0.5, 0.6) is 0 Å². The van der Waals surface area contributed by atoms with Crippen molar-refractivity contribution in [3.05, 3.63) is 108 Å². The third kappa shape index (κ3) is 31.5. The molecule has 0 spiro atoms. The number of alkyl carbamates (subject to hydrolysis) is 1. The molecule has 9 saturated heterocycles.